The molecule has 64 valence electrons. The Kier molecular flexibility index (Phi) is 3.68. The first-order valence-electron chi connectivity index (χ1n) is 3.87. The van der Waals surface area contributed by atoms with Gasteiger partial charge in [-0.2, -0.15) is 0 Å². The SMILES string of the molecule is C=CC=C1CC/C(=C\OC)[C]1=[W]. The average Bonchev–Trinajstić information content (AvgIpc) is 2.38. The Balaban J connectivity index is 2.81. The molecule has 2 heteroatoms. The van der Waals surface area contributed by atoms with Crippen molar-refractivity contribution in [3.8, 4) is 0 Å². The van der Waals surface area contributed by atoms with Crippen molar-refractivity contribution in [2.75, 3.05) is 7.11 Å². The van der Waals surface area contributed by atoms with E-state index in [9.17, 15) is 0 Å². The van der Waals surface area contributed by atoms with Crippen LogP contribution in [0.2, 0.25) is 0 Å². The van der Waals surface area contributed by atoms with Crippen molar-refractivity contribution in [1.82, 2.24) is 0 Å². The molecule has 0 aromatic heterocycles. The van der Waals surface area contributed by atoms with Crippen molar-refractivity contribution in [1.29, 1.82) is 0 Å². The van der Waals surface area contributed by atoms with Gasteiger partial charge in [-0.05, 0) is 0 Å². The Morgan fingerprint density at radius 2 is 2.08 bits per heavy atom. The summed E-state index contributed by atoms with van der Waals surface area (Å²) >= 11 is 1.51. The number of hydrogen-bond donors (Lipinski definition) is 0. The van der Waals surface area contributed by atoms with E-state index in [1.165, 1.54) is 34.4 Å². The summed E-state index contributed by atoms with van der Waals surface area (Å²) < 4.78 is 6.43. The number of rotatable bonds is 2. The number of hydrogen-bond acceptors (Lipinski definition) is 1. The van der Waals surface area contributed by atoms with E-state index in [1.54, 1.807) is 7.11 Å². The van der Waals surface area contributed by atoms with Gasteiger partial charge >= 0.3 is 84.1 Å². The fraction of sp³-hybridized carbons (Fsp3) is 0.300. The number of methoxy groups -OCH3 is 1. The third-order valence-corrected chi connectivity index (χ3v) is 3.71. The van der Waals surface area contributed by atoms with Crippen LogP contribution in [-0.2, 0) is 24.1 Å². The molecule has 1 fully saturated rings. The van der Waals surface area contributed by atoms with Crippen molar-refractivity contribution >= 4 is 3.90 Å². The number of allylic oxidation sites excluding steroid dienone is 4. The quantitative estimate of drug-likeness (QED) is 0.704. The summed E-state index contributed by atoms with van der Waals surface area (Å²) in [7, 11) is 1.70. The van der Waals surface area contributed by atoms with Gasteiger partial charge in [-0.25, -0.2) is 0 Å². The van der Waals surface area contributed by atoms with Crippen LogP contribution in [-0.4, -0.2) is 11.0 Å². The van der Waals surface area contributed by atoms with Crippen LogP contribution in [0.3, 0.4) is 0 Å². The maximum absolute atomic E-state index is 5.00. The van der Waals surface area contributed by atoms with Crippen LogP contribution in [0.1, 0.15) is 12.8 Å². The minimum atomic E-state index is 1.12. The van der Waals surface area contributed by atoms with E-state index < -0.39 is 0 Å². The molecular formula is C10H12OW. The first kappa shape index (κ1) is 9.66. The Hall–Kier alpha value is -0.422. The van der Waals surface area contributed by atoms with Crippen LogP contribution in [0.15, 0.2) is 36.1 Å². The molecule has 0 radical (unpaired) electrons. The van der Waals surface area contributed by atoms with E-state index >= 15 is 0 Å². The van der Waals surface area contributed by atoms with Gasteiger partial charge in [0.1, 0.15) is 0 Å². The van der Waals surface area contributed by atoms with E-state index in [0.717, 1.165) is 12.8 Å². The molecule has 0 spiro atoms. The Morgan fingerprint density at radius 1 is 1.42 bits per heavy atom. The maximum atomic E-state index is 5.00. The standard InChI is InChI=1S/C10H12O.W/c1-3-4-9-5-6-10(7-9)8-11-2;/h3-4,8H,1,5-6H2,2H3;/b9-4?,10-8+;. The van der Waals surface area contributed by atoms with Crippen molar-refractivity contribution in [2.24, 2.45) is 0 Å². The van der Waals surface area contributed by atoms with E-state index in [0.29, 0.717) is 0 Å². The van der Waals surface area contributed by atoms with Crippen molar-refractivity contribution in [3.63, 3.8) is 0 Å². The molecule has 1 nitrogen and oxygen atoms in total. The molecule has 12 heavy (non-hydrogen) atoms. The summed E-state index contributed by atoms with van der Waals surface area (Å²) in [6, 6.07) is 0. The fourth-order valence-corrected chi connectivity index (χ4v) is 2.41. The molecule has 0 atom stereocenters. The zero-order chi connectivity index (χ0) is 8.97. The Bertz CT molecular complexity index is 261. The number of ether oxygens (including phenoxy) is 1. The van der Waals surface area contributed by atoms with Gasteiger partial charge in [0, 0.05) is 0 Å². The molecule has 0 unspecified atom stereocenters. The van der Waals surface area contributed by atoms with Gasteiger partial charge in [0.25, 0.3) is 0 Å². The van der Waals surface area contributed by atoms with Crippen LogP contribution in [0.25, 0.3) is 0 Å². The van der Waals surface area contributed by atoms with Crippen LogP contribution in [0.4, 0.5) is 0 Å². The summed E-state index contributed by atoms with van der Waals surface area (Å²) in [5, 5.41) is 0. The Labute approximate surface area is 84.2 Å². The second-order valence-electron chi connectivity index (χ2n) is 2.64. The first-order chi connectivity index (χ1) is 5.79. The first-order valence-corrected chi connectivity index (χ1v) is 5.34. The molecule has 1 saturated carbocycles. The van der Waals surface area contributed by atoms with Gasteiger partial charge in [-0.15, -0.1) is 0 Å². The normalized spacial score (nSPS) is 23.6. The van der Waals surface area contributed by atoms with Crippen LogP contribution in [0, 0.1) is 0 Å². The molecule has 0 aliphatic heterocycles. The van der Waals surface area contributed by atoms with E-state index in [1.807, 2.05) is 12.3 Å². The summed E-state index contributed by atoms with van der Waals surface area (Å²) in [6.45, 7) is 3.70. The van der Waals surface area contributed by atoms with Gasteiger partial charge in [0.05, 0.1) is 0 Å². The monoisotopic (exact) mass is 332 g/mol. The van der Waals surface area contributed by atoms with Gasteiger partial charge in [0.2, 0.25) is 0 Å². The van der Waals surface area contributed by atoms with Gasteiger partial charge in [0.15, 0.2) is 0 Å². The van der Waals surface area contributed by atoms with E-state index in [4.69, 9.17) is 4.74 Å². The predicted molar refractivity (Wildman–Crippen MR) is 47.6 cm³/mol. The molecule has 0 bridgehead atoms. The molecule has 0 aromatic carbocycles. The van der Waals surface area contributed by atoms with Gasteiger partial charge < -0.3 is 0 Å². The Morgan fingerprint density at radius 3 is 2.67 bits per heavy atom. The molecule has 0 amide bonds. The molecule has 0 heterocycles. The molecule has 0 N–H and O–H groups in total. The zero-order valence-corrected chi connectivity index (χ0v) is 10.1. The van der Waals surface area contributed by atoms with Crippen LogP contribution in [0.5, 0.6) is 0 Å². The van der Waals surface area contributed by atoms with Gasteiger partial charge in [-0.1, -0.05) is 0 Å². The van der Waals surface area contributed by atoms with Crippen molar-refractivity contribution in [3.05, 3.63) is 36.1 Å². The molecule has 1 aliphatic carbocycles. The fourth-order valence-electron chi connectivity index (χ4n) is 1.26. The van der Waals surface area contributed by atoms with Crippen molar-refractivity contribution < 1.29 is 24.1 Å². The van der Waals surface area contributed by atoms with E-state index in [2.05, 4.69) is 12.7 Å². The summed E-state index contributed by atoms with van der Waals surface area (Å²) in [5.41, 5.74) is 2.77. The zero-order valence-electron chi connectivity index (χ0n) is 7.17. The molecule has 1 aliphatic rings. The second kappa shape index (κ2) is 4.57. The third kappa shape index (κ3) is 2.04. The minimum absolute atomic E-state index is 1.12. The van der Waals surface area contributed by atoms with Crippen molar-refractivity contribution in [2.45, 2.75) is 12.8 Å². The second-order valence-corrected chi connectivity index (χ2v) is 4.10. The summed E-state index contributed by atoms with van der Waals surface area (Å²) in [4.78, 5) is 0. The van der Waals surface area contributed by atoms with E-state index in [-0.39, 0.29) is 0 Å². The molecular weight excluding hydrogens is 320 g/mol. The molecule has 0 aromatic rings. The summed E-state index contributed by atoms with van der Waals surface area (Å²) in [5.74, 6) is 0. The van der Waals surface area contributed by atoms with Crippen LogP contribution >= 0.6 is 0 Å². The molecule has 0 saturated heterocycles. The third-order valence-electron chi connectivity index (χ3n) is 1.83. The average molecular weight is 332 g/mol. The van der Waals surface area contributed by atoms with Gasteiger partial charge in [-0.3, -0.25) is 0 Å². The topological polar surface area (TPSA) is 9.23 Å². The summed E-state index contributed by atoms with van der Waals surface area (Å²) in [6.07, 6.45) is 8.06. The predicted octanol–water partition coefficient (Wildman–Crippen LogP) is 2.14. The molecule has 1 rings (SSSR count). The van der Waals surface area contributed by atoms with Crippen LogP contribution < -0.4 is 0 Å².